The fraction of sp³-hybridized carbons (Fsp3) is 0.0952. The molecule has 0 aliphatic carbocycles. The fourth-order valence-electron chi connectivity index (χ4n) is 2.57. The highest BCUT2D eigenvalue weighted by molar-refractivity contribution is 6.13. The Morgan fingerprint density at radius 2 is 1.62 bits per heavy atom. The lowest BCUT2D eigenvalue weighted by Gasteiger charge is -2.06. The molecule has 3 rings (SSSR count). The first-order chi connectivity index (χ1) is 12.7. The number of ether oxygens (including phenoxy) is 1. The van der Waals surface area contributed by atoms with Crippen LogP contribution in [0.2, 0.25) is 0 Å². The molecule has 2 aromatic heterocycles. The van der Waals surface area contributed by atoms with Crippen LogP contribution in [0.3, 0.4) is 0 Å². The Bertz CT molecular complexity index is 905. The van der Waals surface area contributed by atoms with Gasteiger partial charge in [0.15, 0.2) is 12.4 Å². The van der Waals surface area contributed by atoms with Crippen LogP contribution in [0.15, 0.2) is 79.4 Å². The van der Waals surface area contributed by atoms with Crippen molar-refractivity contribution in [2.45, 2.75) is 6.92 Å². The molecule has 1 aromatic carbocycles. The quantitative estimate of drug-likeness (QED) is 0.332. The van der Waals surface area contributed by atoms with Crippen molar-refractivity contribution in [1.29, 1.82) is 0 Å². The molecule has 0 aliphatic heterocycles. The first-order valence-electron chi connectivity index (χ1n) is 8.28. The van der Waals surface area contributed by atoms with Gasteiger partial charge in [-0.05, 0) is 30.2 Å². The van der Waals surface area contributed by atoms with E-state index in [1.54, 1.807) is 60.5 Å². The Kier molecular flexibility index (Phi) is 5.39. The normalized spacial score (nSPS) is 11.6. The molecule has 0 saturated carbocycles. The van der Waals surface area contributed by atoms with Gasteiger partial charge < -0.3 is 9.84 Å². The van der Waals surface area contributed by atoms with Gasteiger partial charge in [0.2, 0.25) is 5.76 Å². The predicted octanol–water partition coefficient (Wildman–Crippen LogP) is 3.48. The SMILES string of the molecule is CCOC(=O)/C(=C(\O)c1ccccc1)[n+]1ccc(-c2ccncc2)cc1. The number of esters is 1. The number of aliphatic hydroxyl groups is 1. The molecule has 0 unspecified atom stereocenters. The van der Waals surface area contributed by atoms with Gasteiger partial charge in [0.05, 0.1) is 6.61 Å². The Balaban J connectivity index is 2.04. The van der Waals surface area contributed by atoms with Gasteiger partial charge in [-0.3, -0.25) is 4.98 Å². The van der Waals surface area contributed by atoms with E-state index < -0.39 is 5.97 Å². The summed E-state index contributed by atoms with van der Waals surface area (Å²) in [7, 11) is 0. The second kappa shape index (κ2) is 8.07. The summed E-state index contributed by atoms with van der Waals surface area (Å²) in [6.07, 6.45) is 6.89. The lowest BCUT2D eigenvalue weighted by Crippen LogP contribution is -2.37. The number of hydrogen-bond acceptors (Lipinski definition) is 4. The highest BCUT2D eigenvalue weighted by atomic mass is 16.5. The van der Waals surface area contributed by atoms with Crippen molar-refractivity contribution in [3.63, 3.8) is 0 Å². The first kappa shape index (κ1) is 17.4. The summed E-state index contributed by atoms with van der Waals surface area (Å²) >= 11 is 0. The van der Waals surface area contributed by atoms with Crippen molar-refractivity contribution in [2.75, 3.05) is 6.61 Å². The second-order valence-corrected chi connectivity index (χ2v) is 5.51. The maximum absolute atomic E-state index is 12.4. The molecule has 3 aromatic rings. The summed E-state index contributed by atoms with van der Waals surface area (Å²) in [5.74, 6) is -0.721. The maximum atomic E-state index is 12.4. The third kappa shape index (κ3) is 3.78. The number of carbonyl (C=O) groups excluding carboxylic acids is 1. The summed E-state index contributed by atoms with van der Waals surface area (Å²) in [6.45, 7) is 1.95. The molecule has 130 valence electrons. The van der Waals surface area contributed by atoms with Gasteiger partial charge in [-0.15, -0.1) is 0 Å². The van der Waals surface area contributed by atoms with E-state index in [0.29, 0.717) is 5.56 Å². The van der Waals surface area contributed by atoms with Crippen LogP contribution in [-0.2, 0) is 9.53 Å². The van der Waals surface area contributed by atoms with Crippen LogP contribution in [-0.4, -0.2) is 22.7 Å². The summed E-state index contributed by atoms with van der Waals surface area (Å²) in [4.78, 5) is 16.5. The summed E-state index contributed by atoms with van der Waals surface area (Å²) in [5.41, 5.74) is 2.60. The molecule has 0 radical (unpaired) electrons. The molecule has 2 heterocycles. The largest absolute Gasteiger partial charge is 0.502 e. The van der Waals surface area contributed by atoms with Crippen molar-refractivity contribution in [3.05, 3.63) is 84.9 Å². The van der Waals surface area contributed by atoms with Crippen molar-refractivity contribution in [1.82, 2.24) is 4.98 Å². The predicted molar refractivity (Wildman–Crippen MR) is 98.7 cm³/mol. The summed E-state index contributed by atoms with van der Waals surface area (Å²) < 4.78 is 6.69. The van der Waals surface area contributed by atoms with Gasteiger partial charge in [0, 0.05) is 30.1 Å². The van der Waals surface area contributed by atoms with Gasteiger partial charge in [-0.25, -0.2) is 4.79 Å². The molecular formula is C21H19N2O3+. The van der Waals surface area contributed by atoms with E-state index in [0.717, 1.165) is 11.1 Å². The number of carbonyl (C=O) groups is 1. The highest BCUT2D eigenvalue weighted by Crippen LogP contribution is 2.19. The molecule has 0 aliphatic rings. The zero-order chi connectivity index (χ0) is 18.4. The number of rotatable bonds is 5. The molecule has 0 saturated heterocycles. The number of nitrogens with zero attached hydrogens (tertiary/aromatic N) is 2. The zero-order valence-electron chi connectivity index (χ0n) is 14.4. The van der Waals surface area contributed by atoms with E-state index in [1.807, 2.05) is 30.3 Å². The fourth-order valence-corrected chi connectivity index (χ4v) is 2.57. The van der Waals surface area contributed by atoms with Gasteiger partial charge in [0.1, 0.15) is 0 Å². The smallest absolute Gasteiger partial charge is 0.408 e. The third-order valence-corrected chi connectivity index (χ3v) is 3.84. The number of benzene rings is 1. The molecule has 26 heavy (non-hydrogen) atoms. The summed E-state index contributed by atoms with van der Waals surface area (Å²) in [5, 5.41) is 10.7. The topological polar surface area (TPSA) is 63.3 Å². The Morgan fingerprint density at radius 3 is 2.23 bits per heavy atom. The number of pyridine rings is 2. The standard InChI is InChI=1S/C21H18N2O3/c1-2-26-21(25)19(20(24)18-6-4-3-5-7-18)23-14-10-17(11-15-23)16-8-12-22-13-9-16/h3-15H,2H2,1H3/p+1. The minimum absolute atomic E-state index is 0.0688. The lowest BCUT2D eigenvalue weighted by molar-refractivity contribution is -0.578. The van der Waals surface area contributed by atoms with Crippen LogP contribution >= 0.6 is 0 Å². The van der Waals surface area contributed by atoms with Crippen LogP contribution < -0.4 is 4.57 Å². The highest BCUT2D eigenvalue weighted by Gasteiger charge is 2.28. The van der Waals surface area contributed by atoms with Crippen molar-refractivity contribution in [3.8, 4) is 11.1 Å². The number of aliphatic hydroxyl groups excluding tert-OH is 1. The second-order valence-electron chi connectivity index (χ2n) is 5.51. The van der Waals surface area contributed by atoms with E-state index in [9.17, 15) is 9.90 Å². The minimum Gasteiger partial charge on any atom is -0.502 e. The van der Waals surface area contributed by atoms with Crippen molar-refractivity contribution < 1.29 is 19.2 Å². The van der Waals surface area contributed by atoms with E-state index >= 15 is 0 Å². The molecule has 0 spiro atoms. The van der Waals surface area contributed by atoms with Crippen molar-refractivity contribution in [2.24, 2.45) is 0 Å². The van der Waals surface area contributed by atoms with Crippen LogP contribution in [0, 0.1) is 0 Å². The van der Waals surface area contributed by atoms with Crippen LogP contribution in [0.5, 0.6) is 0 Å². The molecular weight excluding hydrogens is 328 g/mol. The van der Waals surface area contributed by atoms with Crippen LogP contribution in [0.1, 0.15) is 12.5 Å². The van der Waals surface area contributed by atoms with Crippen LogP contribution in [0.4, 0.5) is 0 Å². The van der Waals surface area contributed by atoms with E-state index in [1.165, 1.54) is 0 Å². The van der Waals surface area contributed by atoms with Crippen LogP contribution in [0.25, 0.3) is 22.6 Å². The van der Waals surface area contributed by atoms with E-state index in [-0.39, 0.29) is 18.1 Å². The number of hydrogen-bond donors (Lipinski definition) is 1. The number of aromatic nitrogens is 2. The van der Waals surface area contributed by atoms with Gasteiger partial charge >= 0.3 is 11.7 Å². The average Bonchev–Trinajstić information content (AvgIpc) is 2.70. The van der Waals surface area contributed by atoms with E-state index in [4.69, 9.17) is 4.74 Å². The third-order valence-electron chi connectivity index (χ3n) is 3.84. The Labute approximate surface area is 151 Å². The average molecular weight is 347 g/mol. The minimum atomic E-state index is -0.587. The maximum Gasteiger partial charge on any atom is 0.408 e. The van der Waals surface area contributed by atoms with Crippen molar-refractivity contribution >= 4 is 17.4 Å². The van der Waals surface area contributed by atoms with Gasteiger partial charge in [0.25, 0.3) is 0 Å². The molecule has 1 N–H and O–H groups in total. The molecule has 0 bridgehead atoms. The Morgan fingerprint density at radius 1 is 1.00 bits per heavy atom. The van der Waals surface area contributed by atoms with Gasteiger partial charge in [-0.2, -0.15) is 4.57 Å². The zero-order valence-corrected chi connectivity index (χ0v) is 14.4. The monoisotopic (exact) mass is 347 g/mol. The van der Waals surface area contributed by atoms with Gasteiger partial charge in [-0.1, -0.05) is 30.3 Å². The molecule has 0 fully saturated rings. The molecule has 0 amide bonds. The summed E-state index contributed by atoms with van der Waals surface area (Å²) in [6, 6.07) is 16.5. The molecule has 5 heteroatoms. The first-order valence-corrected chi connectivity index (χ1v) is 8.28. The molecule has 5 nitrogen and oxygen atoms in total. The lowest BCUT2D eigenvalue weighted by atomic mass is 10.1. The van der Waals surface area contributed by atoms with E-state index in [2.05, 4.69) is 4.98 Å². The Hall–Kier alpha value is -3.47. The molecule has 0 atom stereocenters.